The summed E-state index contributed by atoms with van der Waals surface area (Å²) in [5.74, 6) is 5.30. The standard InChI is InChI=1S/C28H52O/c1-3-5-7-9-11-13-23-14-18-27-24(21-23)15-16-25-22-26(17-19-28(25)27)29-20-12-10-8-6-4-2/h23-28H,3-22H2,1-2H3. The van der Waals surface area contributed by atoms with E-state index in [1.54, 1.807) is 25.7 Å². The molecular weight excluding hydrogens is 352 g/mol. The second-order valence-electron chi connectivity index (χ2n) is 11.0. The van der Waals surface area contributed by atoms with Crippen LogP contribution in [0.15, 0.2) is 0 Å². The Hall–Kier alpha value is -0.0400. The van der Waals surface area contributed by atoms with Crippen molar-refractivity contribution in [1.82, 2.24) is 0 Å². The molecule has 0 bridgehead atoms. The number of ether oxygens (including phenoxy) is 1. The molecule has 0 aliphatic heterocycles. The molecule has 0 amide bonds. The summed E-state index contributed by atoms with van der Waals surface area (Å²) in [6.07, 6.45) is 28.2. The Morgan fingerprint density at radius 3 is 1.93 bits per heavy atom. The minimum absolute atomic E-state index is 0.596. The van der Waals surface area contributed by atoms with Gasteiger partial charge in [0.1, 0.15) is 0 Å². The number of hydrogen-bond donors (Lipinski definition) is 0. The topological polar surface area (TPSA) is 9.23 Å². The predicted molar refractivity (Wildman–Crippen MR) is 126 cm³/mol. The summed E-state index contributed by atoms with van der Waals surface area (Å²) < 4.78 is 6.34. The van der Waals surface area contributed by atoms with Crippen LogP contribution >= 0.6 is 0 Å². The Kier molecular flexibility index (Phi) is 10.9. The van der Waals surface area contributed by atoms with Gasteiger partial charge in [0.05, 0.1) is 6.10 Å². The third-order valence-corrected chi connectivity index (χ3v) is 8.92. The highest BCUT2D eigenvalue weighted by molar-refractivity contribution is 4.94. The molecule has 170 valence electrons. The highest BCUT2D eigenvalue weighted by Crippen LogP contribution is 2.53. The maximum absolute atomic E-state index is 6.34. The molecule has 6 atom stereocenters. The lowest BCUT2D eigenvalue weighted by Gasteiger charge is -2.50. The predicted octanol–water partition coefficient (Wildman–Crippen LogP) is 8.95. The van der Waals surface area contributed by atoms with E-state index in [9.17, 15) is 0 Å². The van der Waals surface area contributed by atoms with Gasteiger partial charge in [0.25, 0.3) is 0 Å². The minimum atomic E-state index is 0.596. The van der Waals surface area contributed by atoms with E-state index < -0.39 is 0 Å². The van der Waals surface area contributed by atoms with Crippen molar-refractivity contribution in [3.63, 3.8) is 0 Å². The molecule has 3 rings (SSSR count). The van der Waals surface area contributed by atoms with E-state index >= 15 is 0 Å². The highest BCUT2D eigenvalue weighted by atomic mass is 16.5. The van der Waals surface area contributed by atoms with Crippen molar-refractivity contribution >= 4 is 0 Å². The van der Waals surface area contributed by atoms with Crippen molar-refractivity contribution in [2.24, 2.45) is 29.6 Å². The maximum Gasteiger partial charge on any atom is 0.0578 e. The van der Waals surface area contributed by atoms with Crippen LogP contribution in [0.4, 0.5) is 0 Å². The smallest absolute Gasteiger partial charge is 0.0578 e. The zero-order valence-electron chi connectivity index (χ0n) is 20.0. The lowest BCUT2D eigenvalue weighted by Crippen LogP contribution is -2.42. The lowest BCUT2D eigenvalue weighted by atomic mass is 9.56. The third-order valence-electron chi connectivity index (χ3n) is 8.92. The first-order chi connectivity index (χ1) is 14.3. The van der Waals surface area contributed by atoms with Crippen molar-refractivity contribution in [2.75, 3.05) is 6.61 Å². The number of hydrogen-bond acceptors (Lipinski definition) is 1. The Balaban J connectivity index is 1.32. The van der Waals surface area contributed by atoms with Gasteiger partial charge in [-0.25, -0.2) is 0 Å². The fourth-order valence-electron chi connectivity index (χ4n) is 7.25. The van der Waals surface area contributed by atoms with Crippen LogP contribution in [0.2, 0.25) is 0 Å². The number of rotatable bonds is 13. The van der Waals surface area contributed by atoms with Crippen molar-refractivity contribution in [2.45, 2.75) is 142 Å². The summed E-state index contributed by atoms with van der Waals surface area (Å²) in [6, 6.07) is 0. The molecule has 1 heteroatoms. The molecule has 3 saturated carbocycles. The molecule has 3 fully saturated rings. The largest absolute Gasteiger partial charge is 0.378 e. The molecule has 1 nitrogen and oxygen atoms in total. The van der Waals surface area contributed by atoms with E-state index in [4.69, 9.17) is 4.74 Å². The molecule has 0 saturated heterocycles. The van der Waals surface area contributed by atoms with Gasteiger partial charge in [-0.1, -0.05) is 84.5 Å². The van der Waals surface area contributed by atoms with Gasteiger partial charge in [-0.05, 0) is 81.0 Å². The SMILES string of the molecule is CCCCCCCOC1CCC2C(CCC3CC(CCCCCCC)CCC32)C1. The van der Waals surface area contributed by atoms with Crippen LogP contribution in [-0.4, -0.2) is 12.7 Å². The first kappa shape index (κ1) is 23.6. The third kappa shape index (κ3) is 7.55. The Morgan fingerprint density at radius 2 is 1.21 bits per heavy atom. The van der Waals surface area contributed by atoms with Crippen LogP contribution in [0.1, 0.15) is 136 Å². The highest BCUT2D eigenvalue weighted by Gasteiger charge is 2.44. The Bertz CT molecular complexity index is 419. The molecule has 3 aliphatic rings. The fourth-order valence-corrected chi connectivity index (χ4v) is 7.25. The van der Waals surface area contributed by atoms with Crippen LogP contribution in [0, 0.1) is 29.6 Å². The van der Waals surface area contributed by atoms with Crippen molar-refractivity contribution in [1.29, 1.82) is 0 Å². The summed E-state index contributed by atoms with van der Waals surface area (Å²) in [5.41, 5.74) is 0. The van der Waals surface area contributed by atoms with E-state index in [2.05, 4.69) is 13.8 Å². The number of fused-ring (bicyclic) bond motifs is 3. The average Bonchev–Trinajstić information content (AvgIpc) is 2.75. The van der Waals surface area contributed by atoms with E-state index in [1.165, 1.54) is 96.3 Å². The second-order valence-corrected chi connectivity index (χ2v) is 11.0. The van der Waals surface area contributed by atoms with Crippen molar-refractivity contribution in [3.8, 4) is 0 Å². The molecule has 6 unspecified atom stereocenters. The van der Waals surface area contributed by atoms with Crippen LogP contribution in [-0.2, 0) is 4.74 Å². The quantitative estimate of drug-likeness (QED) is 0.278. The van der Waals surface area contributed by atoms with Gasteiger partial charge in [0, 0.05) is 6.61 Å². The molecule has 0 radical (unpaired) electrons. The van der Waals surface area contributed by atoms with Crippen LogP contribution in [0.3, 0.4) is 0 Å². The van der Waals surface area contributed by atoms with E-state index in [1.807, 2.05) is 0 Å². The molecule has 0 aromatic rings. The van der Waals surface area contributed by atoms with Crippen LogP contribution in [0.25, 0.3) is 0 Å². The van der Waals surface area contributed by atoms with Gasteiger partial charge in [0.15, 0.2) is 0 Å². The van der Waals surface area contributed by atoms with Crippen LogP contribution in [0.5, 0.6) is 0 Å². The first-order valence-electron chi connectivity index (χ1n) is 13.9. The van der Waals surface area contributed by atoms with E-state index in [0.717, 1.165) is 36.2 Å². The molecular formula is C28H52O. The molecule has 0 aromatic heterocycles. The van der Waals surface area contributed by atoms with E-state index in [-0.39, 0.29) is 0 Å². The van der Waals surface area contributed by atoms with Crippen molar-refractivity contribution in [3.05, 3.63) is 0 Å². The van der Waals surface area contributed by atoms with Gasteiger partial charge in [-0.15, -0.1) is 0 Å². The molecule has 29 heavy (non-hydrogen) atoms. The first-order valence-corrected chi connectivity index (χ1v) is 13.9. The Labute approximate surface area is 183 Å². The second kappa shape index (κ2) is 13.4. The summed E-state index contributed by atoms with van der Waals surface area (Å²) in [7, 11) is 0. The molecule has 3 aliphatic carbocycles. The van der Waals surface area contributed by atoms with Gasteiger partial charge in [-0.3, -0.25) is 0 Å². The fraction of sp³-hybridized carbons (Fsp3) is 1.00. The Morgan fingerprint density at radius 1 is 0.586 bits per heavy atom. The monoisotopic (exact) mass is 404 g/mol. The number of unbranched alkanes of at least 4 members (excludes halogenated alkanes) is 8. The van der Waals surface area contributed by atoms with E-state index in [0.29, 0.717) is 6.10 Å². The lowest BCUT2D eigenvalue weighted by molar-refractivity contribution is -0.0539. The minimum Gasteiger partial charge on any atom is -0.378 e. The van der Waals surface area contributed by atoms with Crippen molar-refractivity contribution < 1.29 is 4.74 Å². The summed E-state index contributed by atoms with van der Waals surface area (Å²) in [4.78, 5) is 0. The zero-order chi connectivity index (χ0) is 20.3. The summed E-state index contributed by atoms with van der Waals surface area (Å²) in [5, 5.41) is 0. The molecule has 0 N–H and O–H groups in total. The summed E-state index contributed by atoms with van der Waals surface area (Å²) in [6.45, 7) is 5.65. The van der Waals surface area contributed by atoms with Crippen LogP contribution < -0.4 is 0 Å². The molecule has 0 aromatic carbocycles. The summed E-state index contributed by atoms with van der Waals surface area (Å²) >= 11 is 0. The normalized spacial score (nSPS) is 34.6. The van der Waals surface area contributed by atoms with Gasteiger partial charge in [0.2, 0.25) is 0 Å². The molecule has 0 spiro atoms. The van der Waals surface area contributed by atoms with Gasteiger partial charge < -0.3 is 4.74 Å². The average molecular weight is 405 g/mol. The molecule has 0 heterocycles. The van der Waals surface area contributed by atoms with Gasteiger partial charge >= 0.3 is 0 Å². The zero-order valence-corrected chi connectivity index (χ0v) is 20.0. The maximum atomic E-state index is 6.34. The van der Waals surface area contributed by atoms with Gasteiger partial charge in [-0.2, -0.15) is 0 Å².